The minimum Gasteiger partial charge on any atom is -0.386 e. The van der Waals surface area contributed by atoms with Gasteiger partial charge in [-0.2, -0.15) is 0 Å². The largest absolute Gasteiger partial charge is 0.386 e. The van der Waals surface area contributed by atoms with Gasteiger partial charge in [-0.3, -0.25) is 4.79 Å². The maximum Gasteiger partial charge on any atom is 0.163 e. The van der Waals surface area contributed by atoms with Crippen molar-refractivity contribution in [3.05, 3.63) is 47.5 Å². The van der Waals surface area contributed by atoms with E-state index in [1.54, 1.807) is 13.8 Å². The highest BCUT2D eigenvalue weighted by molar-refractivity contribution is 6.03. The van der Waals surface area contributed by atoms with E-state index in [9.17, 15) is 9.90 Å². The molecule has 0 heterocycles. The SMILES string of the molecule is CCCC(=O)c1ccc2ccc(C(C)(C)O)ccc1-2. The molecule has 2 rings (SSSR count). The van der Waals surface area contributed by atoms with E-state index in [0.29, 0.717) is 6.42 Å². The smallest absolute Gasteiger partial charge is 0.163 e. The van der Waals surface area contributed by atoms with Gasteiger partial charge in [-0.1, -0.05) is 43.3 Å². The Bertz CT molecular complexity index is 564. The second-order valence-electron chi connectivity index (χ2n) is 5.47. The van der Waals surface area contributed by atoms with E-state index < -0.39 is 5.60 Å². The molecule has 0 amide bonds. The Morgan fingerprint density at radius 2 is 1.74 bits per heavy atom. The van der Waals surface area contributed by atoms with Crippen LogP contribution in [0.5, 0.6) is 0 Å². The van der Waals surface area contributed by atoms with Gasteiger partial charge in [-0.15, -0.1) is 0 Å². The molecular formula is C17H20O2. The number of carbonyl (C=O) groups excluding carboxylic acids is 1. The Hall–Kier alpha value is -1.67. The van der Waals surface area contributed by atoms with E-state index in [4.69, 9.17) is 0 Å². The normalized spacial score (nSPS) is 11.8. The van der Waals surface area contributed by atoms with Crippen molar-refractivity contribution in [3.63, 3.8) is 0 Å². The number of fused-ring (bicyclic) bond motifs is 1. The zero-order chi connectivity index (χ0) is 14.0. The molecule has 2 aliphatic carbocycles. The average Bonchev–Trinajstić information content (AvgIpc) is 2.59. The summed E-state index contributed by atoms with van der Waals surface area (Å²) in [5.41, 5.74) is 2.76. The maximum atomic E-state index is 12.1. The number of Topliss-reactive ketones (excluding diaryl/α,β-unsaturated/α-hetero) is 1. The van der Waals surface area contributed by atoms with Gasteiger partial charge in [0.05, 0.1) is 5.60 Å². The molecule has 1 N–H and O–H groups in total. The standard InChI is InChI=1S/C17H20O2/c1-4-5-16(18)15-10-7-12-6-8-13(17(2,3)19)9-11-14(12)15/h6-11,19H,4-5H2,1-3H3. The molecule has 0 spiro atoms. The third-order valence-corrected chi connectivity index (χ3v) is 3.39. The monoisotopic (exact) mass is 256 g/mol. The summed E-state index contributed by atoms with van der Waals surface area (Å²) in [4.78, 5) is 12.1. The lowest BCUT2D eigenvalue weighted by molar-refractivity contribution is 0.0787. The summed E-state index contributed by atoms with van der Waals surface area (Å²) in [6.45, 7) is 5.53. The van der Waals surface area contributed by atoms with Gasteiger partial charge in [0.25, 0.3) is 0 Å². The van der Waals surface area contributed by atoms with Crippen molar-refractivity contribution in [2.24, 2.45) is 0 Å². The number of hydrogen-bond donors (Lipinski definition) is 1. The first-order valence-electron chi connectivity index (χ1n) is 6.72. The van der Waals surface area contributed by atoms with Gasteiger partial charge >= 0.3 is 0 Å². The Morgan fingerprint density at radius 1 is 1.11 bits per heavy atom. The molecule has 2 heteroatoms. The Morgan fingerprint density at radius 3 is 2.37 bits per heavy atom. The van der Waals surface area contributed by atoms with E-state index in [1.807, 2.05) is 43.3 Å². The molecule has 0 aliphatic heterocycles. The van der Waals surface area contributed by atoms with Crippen LogP contribution >= 0.6 is 0 Å². The fourth-order valence-electron chi connectivity index (χ4n) is 2.26. The minimum absolute atomic E-state index is 0.188. The van der Waals surface area contributed by atoms with Crippen LogP contribution in [-0.2, 0) is 5.60 Å². The van der Waals surface area contributed by atoms with Gasteiger partial charge in [0.2, 0.25) is 0 Å². The van der Waals surface area contributed by atoms with Gasteiger partial charge < -0.3 is 5.11 Å². The number of aliphatic hydroxyl groups is 1. The predicted molar refractivity (Wildman–Crippen MR) is 77.5 cm³/mol. The zero-order valence-electron chi connectivity index (χ0n) is 11.7. The van der Waals surface area contributed by atoms with E-state index in [2.05, 4.69) is 0 Å². The predicted octanol–water partition coefficient (Wildman–Crippen LogP) is 4.00. The molecule has 2 nitrogen and oxygen atoms in total. The van der Waals surface area contributed by atoms with E-state index in [-0.39, 0.29) is 5.78 Å². The number of rotatable bonds is 4. The highest BCUT2D eigenvalue weighted by Gasteiger charge is 2.18. The molecule has 100 valence electrons. The summed E-state index contributed by atoms with van der Waals surface area (Å²) >= 11 is 0. The molecule has 0 aromatic carbocycles. The van der Waals surface area contributed by atoms with Crippen LogP contribution in [0.2, 0.25) is 0 Å². The lowest BCUT2D eigenvalue weighted by Gasteiger charge is -2.15. The number of ketones is 1. The molecule has 0 aromatic heterocycles. The third kappa shape index (κ3) is 2.85. The molecule has 0 aromatic rings. The van der Waals surface area contributed by atoms with Crippen LogP contribution in [0.15, 0.2) is 36.4 Å². The summed E-state index contributed by atoms with van der Waals surface area (Å²) in [5, 5.41) is 10.0. The summed E-state index contributed by atoms with van der Waals surface area (Å²) in [6.07, 6.45) is 1.44. The van der Waals surface area contributed by atoms with Gasteiger partial charge in [0.15, 0.2) is 5.78 Å². The highest BCUT2D eigenvalue weighted by atomic mass is 16.3. The summed E-state index contributed by atoms with van der Waals surface area (Å²) in [6, 6.07) is 11.6. The zero-order valence-corrected chi connectivity index (χ0v) is 11.7. The molecule has 0 saturated carbocycles. The third-order valence-electron chi connectivity index (χ3n) is 3.39. The van der Waals surface area contributed by atoms with E-state index in [0.717, 1.165) is 28.7 Å². The quantitative estimate of drug-likeness (QED) is 0.839. The van der Waals surface area contributed by atoms with Gasteiger partial charge in [0.1, 0.15) is 0 Å². The fourth-order valence-corrected chi connectivity index (χ4v) is 2.26. The van der Waals surface area contributed by atoms with Crippen LogP contribution < -0.4 is 0 Å². The minimum atomic E-state index is -0.871. The molecule has 0 radical (unpaired) electrons. The second kappa shape index (κ2) is 5.14. The lowest BCUT2D eigenvalue weighted by atomic mass is 10.0. The molecular weight excluding hydrogens is 236 g/mol. The van der Waals surface area contributed by atoms with Crippen molar-refractivity contribution in [2.45, 2.75) is 39.2 Å². The van der Waals surface area contributed by atoms with Crippen molar-refractivity contribution in [3.8, 4) is 11.1 Å². The summed E-state index contributed by atoms with van der Waals surface area (Å²) < 4.78 is 0. The number of hydrogen-bond acceptors (Lipinski definition) is 2. The van der Waals surface area contributed by atoms with Crippen LogP contribution in [-0.4, -0.2) is 10.9 Å². The van der Waals surface area contributed by atoms with Crippen molar-refractivity contribution < 1.29 is 9.90 Å². The molecule has 0 unspecified atom stereocenters. The fraction of sp³-hybridized carbons (Fsp3) is 0.353. The van der Waals surface area contributed by atoms with Crippen molar-refractivity contribution >= 4 is 5.78 Å². The van der Waals surface area contributed by atoms with Crippen LogP contribution in [0.25, 0.3) is 11.1 Å². The van der Waals surface area contributed by atoms with Crippen LogP contribution in [0.1, 0.15) is 49.5 Å². The highest BCUT2D eigenvalue weighted by Crippen LogP contribution is 2.30. The average molecular weight is 256 g/mol. The Balaban J connectivity index is 2.49. The molecule has 2 aliphatic rings. The van der Waals surface area contributed by atoms with Gasteiger partial charge in [-0.25, -0.2) is 0 Å². The maximum absolute atomic E-state index is 12.1. The first kappa shape index (κ1) is 13.8. The molecule has 19 heavy (non-hydrogen) atoms. The Kier molecular flexibility index (Phi) is 3.72. The molecule has 0 saturated heterocycles. The Labute approximate surface area is 114 Å². The molecule has 0 atom stereocenters. The first-order chi connectivity index (χ1) is 8.93. The van der Waals surface area contributed by atoms with E-state index in [1.165, 1.54) is 0 Å². The molecule has 0 bridgehead atoms. The molecule has 0 fully saturated rings. The van der Waals surface area contributed by atoms with Gasteiger partial charge in [0, 0.05) is 12.0 Å². The summed E-state index contributed by atoms with van der Waals surface area (Å²) in [7, 11) is 0. The lowest BCUT2D eigenvalue weighted by Crippen LogP contribution is -2.14. The number of carbonyl (C=O) groups is 1. The van der Waals surface area contributed by atoms with Gasteiger partial charge in [-0.05, 0) is 37.0 Å². The van der Waals surface area contributed by atoms with Crippen LogP contribution in [0.3, 0.4) is 0 Å². The van der Waals surface area contributed by atoms with Crippen LogP contribution in [0, 0.1) is 0 Å². The van der Waals surface area contributed by atoms with E-state index >= 15 is 0 Å². The topological polar surface area (TPSA) is 37.3 Å². The summed E-state index contributed by atoms with van der Waals surface area (Å²) in [5.74, 6) is 0.188. The van der Waals surface area contributed by atoms with Crippen molar-refractivity contribution in [2.75, 3.05) is 0 Å². The first-order valence-corrected chi connectivity index (χ1v) is 6.72. The van der Waals surface area contributed by atoms with Crippen molar-refractivity contribution in [1.82, 2.24) is 0 Å². The van der Waals surface area contributed by atoms with Crippen molar-refractivity contribution in [1.29, 1.82) is 0 Å². The second-order valence-corrected chi connectivity index (χ2v) is 5.47. The van der Waals surface area contributed by atoms with Crippen LogP contribution in [0.4, 0.5) is 0 Å².